The second kappa shape index (κ2) is 6.98. The van der Waals surface area contributed by atoms with Crippen molar-refractivity contribution in [2.45, 2.75) is 31.0 Å². The van der Waals surface area contributed by atoms with Crippen LogP contribution in [0.3, 0.4) is 0 Å². The quantitative estimate of drug-likeness (QED) is 0.744. The van der Waals surface area contributed by atoms with Gasteiger partial charge in [0.05, 0.1) is 18.6 Å². The van der Waals surface area contributed by atoms with E-state index in [0.717, 1.165) is 25.0 Å². The predicted octanol–water partition coefficient (Wildman–Crippen LogP) is 1.98. The van der Waals surface area contributed by atoms with E-state index in [0.29, 0.717) is 11.5 Å². The van der Waals surface area contributed by atoms with E-state index >= 15 is 0 Å². The Balaban J connectivity index is 1.78. The number of thioether (sulfide) groups is 1. The molecule has 6 nitrogen and oxygen atoms in total. The van der Waals surface area contributed by atoms with E-state index in [4.69, 9.17) is 10.5 Å². The SMILES string of the molecule is NC(=O)CC1(NC(=O)c2ccc(C(F)(F)F)c(OCC3CC3)n2)CSC1. The van der Waals surface area contributed by atoms with Crippen LogP contribution in [0, 0.1) is 5.92 Å². The van der Waals surface area contributed by atoms with Crippen LogP contribution in [0.25, 0.3) is 0 Å². The molecule has 2 fully saturated rings. The topological polar surface area (TPSA) is 94.3 Å². The lowest BCUT2D eigenvalue weighted by molar-refractivity contribution is -0.139. The molecule has 0 aromatic carbocycles. The summed E-state index contributed by atoms with van der Waals surface area (Å²) < 4.78 is 44.6. The first kappa shape index (κ1) is 18.8. The summed E-state index contributed by atoms with van der Waals surface area (Å²) in [6.07, 6.45) is -2.83. The molecule has 26 heavy (non-hydrogen) atoms. The number of aromatic nitrogens is 1. The van der Waals surface area contributed by atoms with Crippen LogP contribution in [-0.4, -0.2) is 40.4 Å². The first-order chi connectivity index (χ1) is 12.2. The van der Waals surface area contributed by atoms with Crippen molar-refractivity contribution >= 4 is 23.6 Å². The number of carbonyl (C=O) groups is 2. The molecular formula is C16H18F3N3O3S. The Bertz CT molecular complexity index is 718. The molecular weight excluding hydrogens is 371 g/mol. The first-order valence-electron chi connectivity index (χ1n) is 8.08. The maximum absolute atomic E-state index is 13.1. The Kier molecular flexibility index (Phi) is 5.05. The molecule has 3 N–H and O–H groups in total. The minimum absolute atomic E-state index is 0.0303. The molecule has 1 aliphatic heterocycles. The number of pyridine rings is 1. The number of primary amides is 1. The fourth-order valence-corrected chi connectivity index (χ4v) is 3.62. The van der Waals surface area contributed by atoms with Crippen LogP contribution in [0.5, 0.6) is 5.88 Å². The predicted molar refractivity (Wildman–Crippen MR) is 88.8 cm³/mol. The lowest BCUT2D eigenvalue weighted by atomic mass is 9.98. The maximum atomic E-state index is 13.1. The highest BCUT2D eigenvalue weighted by atomic mass is 32.2. The standard InChI is InChI=1S/C16H18F3N3O3S/c17-16(18,19)10-3-4-11(21-14(10)25-6-9-1-2-9)13(24)22-15(5-12(20)23)7-26-8-15/h3-4,9H,1-2,5-8H2,(H2,20,23)(H,22,24). The van der Waals surface area contributed by atoms with Crippen molar-refractivity contribution in [3.63, 3.8) is 0 Å². The summed E-state index contributed by atoms with van der Waals surface area (Å²) in [5.41, 5.74) is 3.23. The molecule has 0 bridgehead atoms. The molecule has 1 aliphatic carbocycles. The number of hydrogen-bond acceptors (Lipinski definition) is 5. The third kappa shape index (κ3) is 4.40. The van der Waals surface area contributed by atoms with Crippen molar-refractivity contribution in [2.75, 3.05) is 18.1 Å². The van der Waals surface area contributed by atoms with E-state index in [9.17, 15) is 22.8 Å². The van der Waals surface area contributed by atoms with E-state index in [1.165, 1.54) is 11.8 Å². The second-order valence-electron chi connectivity index (χ2n) is 6.67. The van der Waals surface area contributed by atoms with Gasteiger partial charge >= 0.3 is 6.18 Å². The van der Waals surface area contributed by atoms with Gasteiger partial charge in [0.1, 0.15) is 11.3 Å². The van der Waals surface area contributed by atoms with Gasteiger partial charge in [-0.15, -0.1) is 0 Å². The Labute approximate surface area is 152 Å². The van der Waals surface area contributed by atoms with Crippen molar-refractivity contribution in [3.05, 3.63) is 23.4 Å². The molecule has 2 heterocycles. The molecule has 1 aromatic rings. The van der Waals surface area contributed by atoms with Gasteiger partial charge in [0.15, 0.2) is 0 Å². The molecule has 1 aromatic heterocycles. The number of nitrogens with zero attached hydrogens (tertiary/aromatic N) is 1. The summed E-state index contributed by atoms with van der Waals surface area (Å²) in [5.74, 6) is -0.554. The highest BCUT2D eigenvalue weighted by Crippen LogP contribution is 2.37. The lowest BCUT2D eigenvalue weighted by Gasteiger charge is -2.40. The fourth-order valence-electron chi connectivity index (χ4n) is 2.58. The zero-order chi connectivity index (χ0) is 18.9. The summed E-state index contributed by atoms with van der Waals surface area (Å²) in [6, 6.07) is 1.80. The highest BCUT2D eigenvalue weighted by Gasteiger charge is 2.41. The van der Waals surface area contributed by atoms with Crippen LogP contribution >= 0.6 is 11.8 Å². The first-order valence-corrected chi connectivity index (χ1v) is 9.24. The summed E-state index contributed by atoms with van der Waals surface area (Å²) in [4.78, 5) is 27.4. The Hall–Kier alpha value is -1.97. The molecule has 2 aliphatic rings. The van der Waals surface area contributed by atoms with Crippen molar-refractivity contribution < 1.29 is 27.5 Å². The zero-order valence-electron chi connectivity index (χ0n) is 13.8. The van der Waals surface area contributed by atoms with E-state index in [2.05, 4.69) is 10.3 Å². The van der Waals surface area contributed by atoms with E-state index in [-0.39, 0.29) is 24.6 Å². The summed E-state index contributed by atoms with van der Waals surface area (Å²) in [5, 5.41) is 2.68. The minimum atomic E-state index is -4.63. The van der Waals surface area contributed by atoms with Gasteiger partial charge in [0, 0.05) is 11.5 Å². The number of amides is 2. The Morgan fingerprint density at radius 1 is 1.35 bits per heavy atom. The van der Waals surface area contributed by atoms with Gasteiger partial charge in [-0.25, -0.2) is 4.98 Å². The summed E-state index contributed by atoms with van der Waals surface area (Å²) >= 11 is 1.53. The molecule has 0 spiro atoms. The number of nitrogens with two attached hydrogens (primary N) is 1. The van der Waals surface area contributed by atoms with Crippen molar-refractivity contribution in [1.82, 2.24) is 10.3 Å². The van der Waals surface area contributed by atoms with Gasteiger partial charge in [-0.05, 0) is 30.9 Å². The van der Waals surface area contributed by atoms with Crippen molar-refractivity contribution in [2.24, 2.45) is 11.7 Å². The molecule has 1 saturated carbocycles. The normalized spacial score (nSPS) is 18.7. The van der Waals surface area contributed by atoms with E-state index in [1.807, 2.05) is 0 Å². The molecule has 3 rings (SSSR count). The molecule has 2 amide bonds. The van der Waals surface area contributed by atoms with Gasteiger partial charge in [-0.2, -0.15) is 24.9 Å². The van der Waals surface area contributed by atoms with Crippen molar-refractivity contribution in [1.29, 1.82) is 0 Å². The smallest absolute Gasteiger partial charge is 0.421 e. The monoisotopic (exact) mass is 389 g/mol. The van der Waals surface area contributed by atoms with Crippen LogP contribution in [0.2, 0.25) is 0 Å². The van der Waals surface area contributed by atoms with Gasteiger partial charge in [-0.1, -0.05) is 0 Å². The zero-order valence-corrected chi connectivity index (χ0v) is 14.6. The van der Waals surface area contributed by atoms with Gasteiger partial charge < -0.3 is 15.8 Å². The Morgan fingerprint density at radius 3 is 2.54 bits per heavy atom. The van der Waals surface area contributed by atoms with Gasteiger partial charge in [-0.3, -0.25) is 9.59 Å². The maximum Gasteiger partial charge on any atom is 0.421 e. The summed E-state index contributed by atoms with van der Waals surface area (Å²) in [7, 11) is 0. The highest BCUT2D eigenvalue weighted by molar-refractivity contribution is 8.00. The number of rotatable bonds is 7. The number of carbonyl (C=O) groups excluding carboxylic acids is 2. The molecule has 10 heteroatoms. The van der Waals surface area contributed by atoms with Crippen molar-refractivity contribution in [3.8, 4) is 5.88 Å². The average Bonchev–Trinajstić information content (AvgIpc) is 3.33. The number of alkyl halides is 3. The van der Waals surface area contributed by atoms with Crippen LogP contribution in [0.15, 0.2) is 12.1 Å². The van der Waals surface area contributed by atoms with E-state index < -0.39 is 35.0 Å². The van der Waals surface area contributed by atoms with Crippen LogP contribution in [0.4, 0.5) is 13.2 Å². The molecule has 1 saturated heterocycles. The third-order valence-electron chi connectivity index (χ3n) is 4.20. The number of nitrogens with one attached hydrogen (secondary N) is 1. The summed E-state index contributed by atoms with van der Waals surface area (Å²) in [6.45, 7) is 0.142. The lowest BCUT2D eigenvalue weighted by Crippen LogP contribution is -2.59. The second-order valence-corrected chi connectivity index (χ2v) is 7.66. The molecule has 0 unspecified atom stereocenters. The fraction of sp³-hybridized carbons (Fsp3) is 0.562. The Morgan fingerprint density at radius 2 is 2.04 bits per heavy atom. The number of halogens is 3. The average molecular weight is 389 g/mol. The third-order valence-corrected chi connectivity index (χ3v) is 5.71. The van der Waals surface area contributed by atoms with Crippen LogP contribution in [-0.2, 0) is 11.0 Å². The molecule has 0 radical (unpaired) electrons. The molecule has 142 valence electrons. The van der Waals surface area contributed by atoms with Crippen LogP contribution in [0.1, 0.15) is 35.3 Å². The molecule has 0 atom stereocenters. The number of hydrogen-bond donors (Lipinski definition) is 2. The minimum Gasteiger partial charge on any atom is -0.477 e. The number of ether oxygens (including phenoxy) is 1. The van der Waals surface area contributed by atoms with Gasteiger partial charge in [0.2, 0.25) is 11.8 Å². The van der Waals surface area contributed by atoms with E-state index in [1.54, 1.807) is 0 Å². The largest absolute Gasteiger partial charge is 0.477 e. The van der Waals surface area contributed by atoms with Crippen LogP contribution < -0.4 is 15.8 Å². The van der Waals surface area contributed by atoms with Gasteiger partial charge in [0.25, 0.3) is 5.91 Å².